The van der Waals surface area contributed by atoms with E-state index < -0.39 is 16.0 Å². The number of carbonyl (C=O) groups is 1. The molecule has 0 unspecified atom stereocenters. The Morgan fingerprint density at radius 1 is 1.09 bits per heavy atom. The van der Waals surface area contributed by atoms with Gasteiger partial charge in [-0.1, -0.05) is 24.3 Å². The summed E-state index contributed by atoms with van der Waals surface area (Å²) in [6.07, 6.45) is 0. The fourth-order valence-electron chi connectivity index (χ4n) is 2.29. The van der Waals surface area contributed by atoms with Crippen LogP contribution in [0, 0.1) is 13.8 Å². The quantitative estimate of drug-likeness (QED) is 0.807. The molecular formula is C17H19NO4S. The van der Waals surface area contributed by atoms with Gasteiger partial charge < -0.3 is 4.74 Å². The van der Waals surface area contributed by atoms with Crippen LogP contribution in [-0.2, 0) is 14.8 Å². The van der Waals surface area contributed by atoms with Crippen LogP contribution in [0.4, 0.5) is 5.69 Å². The summed E-state index contributed by atoms with van der Waals surface area (Å²) in [6.45, 7) is 3.58. The number of nitrogens with zero attached hydrogens (tertiary/aromatic N) is 1. The van der Waals surface area contributed by atoms with E-state index in [0.717, 1.165) is 9.87 Å². The highest BCUT2D eigenvalue weighted by atomic mass is 32.2. The SMILES string of the molecule is COC(=O)c1ccccc1N(C)S(=O)(=O)c1cc(C)ccc1C. The Labute approximate surface area is 136 Å². The van der Waals surface area contributed by atoms with E-state index in [-0.39, 0.29) is 16.1 Å². The Morgan fingerprint density at radius 3 is 2.39 bits per heavy atom. The van der Waals surface area contributed by atoms with Gasteiger partial charge in [0.25, 0.3) is 10.0 Å². The number of carbonyl (C=O) groups excluding carboxylic acids is 1. The fraction of sp³-hybridized carbons (Fsp3) is 0.235. The predicted molar refractivity (Wildman–Crippen MR) is 89.3 cm³/mol. The first-order valence-electron chi connectivity index (χ1n) is 7.02. The zero-order valence-electron chi connectivity index (χ0n) is 13.5. The smallest absolute Gasteiger partial charge is 0.340 e. The molecule has 0 amide bonds. The van der Waals surface area contributed by atoms with Gasteiger partial charge >= 0.3 is 5.97 Å². The second-order valence-electron chi connectivity index (χ2n) is 5.25. The first-order valence-corrected chi connectivity index (χ1v) is 8.46. The number of sulfonamides is 1. The van der Waals surface area contributed by atoms with E-state index in [1.807, 2.05) is 13.0 Å². The number of rotatable bonds is 4. The van der Waals surface area contributed by atoms with Gasteiger partial charge in [0.1, 0.15) is 0 Å². The molecule has 0 aromatic heterocycles. The molecule has 122 valence electrons. The van der Waals surface area contributed by atoms with Crippen molar-refractivity contribution in [1.82, 2.24) is 0 Å². The Hall–Kier alpha value is -2.34. The lowest BCUT2D eigenvalue weighted by Gasteiger charge is -2.22. The first kappa shape index (κ1) is 17.0. The van der Waals surface area contributed by atoms with Crippen molar-refractivity contribution in [2.24, 2.45) is 0 Å². The highest BCUT2D eigenvalue weighted by molar-refractivity contribution is 7.92. The molecule has 2 aromatic carbocycles. The number of ether oxygens (including phenoxy) is 1. The molecule has 23 heavy (non-hydrogen) atoms. The number of methoxy groups -OCH3 is 1. The summed E-state index contributed by atoms with van der Waals surface area (Å²) in [7, 11) is -1.09. The maximum Gasteiger partial charge on any atom is 0.340 e. The van der Waals surface area contributed by atoms with Crippen LogP contribution < -0.4 is 4.31 Å². The molecule has 6 heteroatoms. The third kappa shape index (κ3) is 3.22. The minimum absolute atomic E-state index is 0.200. The van der Waals surface area contributed by atoms with Crippen molar-refractivity contribution in [3.8, 4) is 0 Å². The number of benzene rings is 2. The average Bonchev–Trinajstić information content (AvgIpc) is 2.55. The molecule has 0 aliphatic heterocycles. The van der Waals surface area contributed by atoms with Crippen molar-refractivity contribution in [2.75, 3.05) is 18.5 Å². The maximum absolute atomic E-state index is 12.9. The lowest BCUT2D eigenvalue weighted by molar-refractivity contribution is 0.0601. The Bertz CT molecular complexity index is 843. The lowest BCUT2D eigenvalue weighted by Crippen LogP contribution is -2.29. The summed E-state index contributed by atoms with van der Waals surface area (Å²) in [4.78, 5) is 12.1. The average molecular weight is 333 g/mol. The van der Waals surface area contributed by atoms with Crippen LogP contribution in [0.3, 0.4) is 0 Å². The molecule has 0 heterocycles. The number of aryl methyl sites for hydroxylation is 2. The molecule has 0 bridgehead atoms. The molecule has 0 saturated heterocycles. The summed E-state index contributed by atoms with van der Waals surface area (Å²) < 4.78 is 31.7. The van der Waals surface area contributed by atoms with Crippen molar-refractivity contribution < 1.29 is 17.9 Å². The molecule has 2 aromatic rings. The zero-order valence-corrected chi connectivity index (χ0v) is 14.3. The monoisotopic (exact) mass is 333 g/mol. The van der Waals surface area contributed by atoms with Crippen LogP contribution in [0.25, 0.3) is 0 Å². The molecule has 0 N–H and O–H groups in total. The van der Waals surface area contributed by atoms with E-state index in [1.54, 1.807) is 37.3 Å². The molecule has 0 spiro atoms. The van der Waals surface area contributed by atoms with Crippen LogP contribution in [0.1, 0.15) is 21.5 Å². The number of para-hydroxylation sites is 1. The van der Waals surface area contributed by atoms with E-state index in [1.165, 1.54) is 20.2 Å². The van der Waals surface area contributed by atoms with Crippen molar-refractivity contribution in [3.05, 3.63) is 59.2 Å². The van der Waals surface area contributed by atoms with Gasteiger partial charge in [-0.05, 0) is 43.2 Å². The van der Waals surface area contributed by atoms with Crippen molar-refractivity contribution in [3.63, 3.8) is 0 Å². The van der Waals surface area contributed by atoms with Gasteiger partial charge in [0.05, 0.1) is 23.3 Å². The summed E-state index contributed by atoms with van der Waals surface area (Å²) >= 11 is 0. The minimum Gasteiger partial charge on any atom is -0.465 e. The Morgan fingerprint density at radius 2 is 1.74 bits per heavy atom. The second kappa shape index (κ2) is 6.42. The van der Waals surface area contributed by atoms with Gasteiger partial charge in [0, 0.05) is 7.05 Å². The molecular weight excluding hydrogens is 314 g/mol. The van der Waals surface area contributed by atoms with Crippen molar-refractivity contribution >= 4 is 21.7 Å². The number of hydrogen-bond donors (Lipinski definition) is 0. The Kier molecular flexibility index (Phi) is 4.75. The summed E-state index contributed by atoms with van der Waals surface area (Å²) in [5.41, 5.74) is 1.98. The van der Waals surface area contributed by atoms with Gasteiger partial charge in [0.2, 0.25) is 0 Å². The van der Waals surface area contributed by atoms with E-state index in [4.69, 9.17) is 4.74 Å². The molecule has 0 saturated carbocycles. The standard InChI is InChI=1S/C17H19NO4S/c1-12-9-10-13(2)16(11-12)23(20,21)18(3)15-8-6-5-7-14(15)17(19)22-4/h5-11H,1-4H3. The molecule has 0 radical (unpaired) electrons. The number of hydrogen-bond acceptors (Lipinski definition) is 4. The highest BCUT2D eigenvalue weighted by Gasteiger charge is 2.26. The summed E-state index contributed by atoms with van der Waals surface area (Å²) in [6, 6.07) is 11.7. The number of esters is 1. The maximum atomic E-state index is 12.9. The third-order valence-electron chi connectivity index (χ3n) is 3.63. The van der Waals surface area contributed by atoms with E-state index in [9.17, 15) is 13.2 Å². The van der Waals surface area contributed by atoms with Crippen molar-refractivity contribution in [1.29, 1.82) is 0 Å². The normalized spacial score (nSPS) is 11.1. The van der Waals surface area contributed by atoms with Crippen LogP contribution in [0.5, 0.6) is 0 Å². The van der Waals surface area contributed by atoms with E-state index >= 15 is 0 Å². The fourth-order valence-corrected chi connectivity index (χ4v) is 3.82. The van der Waals surface area contributed by atoms with Gasteiger partial charge in [-0.2, -0.15) is 0 Å². The van der Waals surface area contributed by atoms with Crippen LogP contribution in [0.2, 0.25) is 0 Å². The molecule has 0 aliphatic rings. The van der Waals surface area contributed by atoms with Crippen LogP contribution in [0.15, 0.2) is 47.4 Å². The highest BCUT2D eigenvalue weighted by Crippen LogP contribution is 2.28. The summed E-state index contributed by atoms with van der Waals surface area (Å²) in [5, 5.41) is 0. The van der Waals surface area contributed by atoms with Gasteiger partial charge in [-0.25, -0.2) is 13.2 Å². The largest absolute Gasteiger partial charge is 0.465 e. The molecule has 5 nitrogen and oxygen atoms in total. The van der Waals surface area contributed by atoms with Gasteiger partial charge in [-0.15, -0.1) is 0 Å². The Balaban J connectivity index is 2.58. The summed E-state index contributed by atoms with van der Waals surface area (Å²) in [5.74, 6) is -0.580. The van der Waals surface area contributed by atoms with Gasteiger partial charge in [0.15, 0.2) is 0 Å². The molecule has 0 fully saturated rings. The second-order valence-corrected chi connectivity index (χ2v) is 7.19. The van der Waals surface area contributed by atoms with Gasteiger partial charge in [-0.3, -0.25) is 4.31 Å². The van der Waals surface area contributed by atoms with Crippen LogP contribution in [-0.4, -0.2) is 28.5 Å². The first-order chi connectivity index (χ1) is 10.8. The topological polar surface area (TPSA) is 63.7 Å². The molecule has 0 aliphatic carbocycles. The zero-order chi connectivity index (χ0) is 17.2. The third-order valence-corrected chi connectivity index (χ3v) is 5.54. The lowest BCUT2D eigenvalue weighted by atomic mass is 10.2. The van der Waals surface area contributed by atoms with Crippen LogP contribution >= 0.6 is 0 Å². The number of anilines is 1. The molecule has 0 atom stereocenters. The predicted octanol–water partition coefficient (Wildman–Crippen LogP) is 2.92. The minimum atomic E-state index is -3.78. The van der Waals surface area contributed by atoms with Crippen molar-refractivity contribution in [2.45, 2.75) is 18.7 Å². The molecule has 2 rings (SSSR count). The van der Waals surface area contributed by atoms with E-state index in [0.29, 0.717) is 5.56 Å². The van der Waals surface area contributed by atoms with E-state index in [2.05, 4.69) is 0 Å².